The van der Waals surface area contributed by atoms with Crippen LogP contribution in [0.3, 0.4) is 0 Å². The highest BCUT2D eigenvalue weighted by Crippen LogP contribution is 2.32. The number of pyridine rings is 1. The minimum Gasteiger partial charge on any atom is -0.477 e. The molecule has 3 aromatic heterocycles. The van der Waals surface area contributed by atoms with E-state index in [0.717, 1.165) is 23.0 Å². The van der Waals surface area contributed by atoms with Gasteiger partial charge in [-0.2, -0.15) is 23.3 Å². The van der Waals surface area contributed by atoms with Crippen molar-refractivity contribution in [1.29, 1.82) is 0 Å². The number of hydrogen-bond donors (Lipinski definition) is 2. The Kier molecular flexibility index (Phi) is 7.90. The number of aromatic carboxylic acids is 1. The molecule has 222 valence electrons. The molecule has 0 saturated heterocycles. The lowest BCUT2D eigenvalue weighted by molar-refractivity contribution is -0.141. The number of halogens is 5. The van der Waals surface area contributed by atoms with Crippen LogP contribution < -0.4 is 10.7 Å². The molecule has 0 aliphatic carbocycles. The van der Waals surface area contributed by atoms with Crippen LogP contribution >= 0.6 is 11.6 Å². The summed E-state index contributed by atoms with van der Waals surface area (Å²) in [4.78, 5) is 35.6. The molecule has 0 aliphatic rings. The Morgan fingerprint density at radius 1 is 1.14 bits per heavy atom. The Morgan fingerprint density at radius 3 is 2.56 bits per heavy atom. The molecule has 10 nitrogen and oxygen atoms in total. The number of nitrogens with zero attached hydrogens (tertiary/aromatic N) is 6. The molecule has 0 unspecified atom stereocenters. The number of aromatic nitrogens is 5. The van der Waals surface area contributed by atoms with E-state index in [1.807, 2.05) is 19.0 Å². The molecule has 0 bridgehead atoms. The number of alkyl halides is 3. The van der Waals surface area contributed by atoms with Gasteiger partial charge in [0, 0.05) is 48.3 Å². The molecular weight excluding hydrogens is 594 g/mol. The molecule has 0 radical (unpaired) electrons. The molecule has 2 aromatic carbocycles. The van der Waals surface area contributed by atoms with Gasteiger partial charge in [-0.3, -0.25) is 4.79 Å². The van der Waals surface area contributed by atoms with Crippen LogP contribution in [0.4, 0.5) is 29.2 Å². The van der Waals surface area contributed by atoms with Crippen molar-refractivity contribution in [3.05, 3.63) is 93.4 Å². The summed E-state index contributed by atoms with van der Waals surface area (Å²) in [6.07, 6.45) is -1.05. The quantitative estimate of drug-likeness (QED) is 0.221. The Labute approximate surface area is 245 Å². The van der Waals surface area contributed by atoms with E-state index < -0.39 is 34.6 Å². The number of benzene rings is 2. The summed E-state index contributed by atoms with van der Waals surface area (Å²) < 4.78 is 56.4. The van der Waals surface area contributed by atoms with Gasteiger partial charge in [-0.05, 0) is 56.1 Å². The van der Waals surface area contributed by atoms with Crippen LogP contribution in [0, 0.1) is 5.82 Å². The lowest BCUT2D eigenvalue weighted by Crippen LogP contribution is -2.23. The van der Waals surface area contributed by atoms with Crippen molar-refractivity contribution in [3.63, 3.8) is 0 Å². The van der Waals surface area contributed by atoms with Gasteiger partial charge in [-0.15, -0.1) is 0 Å². The molecule has 43 heavy (non-hydrogen) atoms. The number of carboxylic acid groups (broad SMARTS) is 1. The smallest absolute Gasteiger partial charge is 0.435 e. The van der Waals surface area contributed by atoms with Crippen molar-refractivity contribution >= 4 is 40.1 Å². The Morgan fingerprint density at radius 2 is 1.91 bits per heavy atom. The van der Waals surface area contributed by atoms with Crippen LogP contribution in [0.25, 0.3) is 27.8 Å². The van der Waals surface area contributed by atoms with E-state index in [0.29, 0.717) is 29.9 Å². The van der Waals surface area contributed by atoms with Crippen LogP contribution in [0.5, 0.6) is 0 Å². The average Bonchev–Trinajstić information content (AvgIpc) is 3.46. The highest BCUT2D eigenvalue weighted by Gasteiger charge is 2.34. The van der Waals surface area contributed by atoms with E-state index in [-0.39, 0.29) is 27.7 Å². The molecular formula is C28H22ClF4N7O3. The zero-order valence-electron chi connectivity index (χ0n) is 22.5. The second kappa shape index (κ2) is 11.5. The van der Waals surface area contributed by atoms with Gasteiger partial charge in [0.1, 0.15) is 11.4 Å². The van der Waals surface area contributed by atoms with Crippen molar-refractivity contribution < 1.29 is 27.5 Å². The van der Waals surface area contributed by atoms with Gasteiger partial charge < -0.3 is 19.9 Å². The third-order valence-electron chi connectivity index (χ3n) is 6.45. The van der Waals surface area contributed by atoms with E-state index in [9.17, 15) is 32.3 Å². The fourth-order valence-electron chi connectivity index (χ4n) is 4.32. The number of carboxylic acids is 1. The summed E-state index contributed by atoms with van der Waals surface area (Å²) in [6.45, 7) is 0.949. The van der Waals surface area contributed by atoms with Gasteiger partial charge in [0.25, 0.3) is 0 Å². The molecule has 5 aromatic rings. The van der Waals surface area contributed by atoms with Crippen molar-refractivity contribution in [2.75, 3.05) is 26.0 Å². The zero-order chi connectivity index (χ0) is 31.1. The zero-order valence-corrected chi connectivity index (χ0v) is 23.3. The van der Waals surface area contributed by atoms with Crippen LogP contribution in [-0.4, -0.2) is 60.9 Å². The SMILES string of the molecule is CN(C)CCn1cc(C(=O)O)c(=O)c2cc(-c3cnc(Nc4ccc(F)c(Cl)c4)nc3-n3ccc(C(F)(F)F)n3)ccc21. The minimum absolute atomic E-state index is 0.0644. The van der Waals surface area contributed by atoms with Gasteiger partial charge in [0.2, 0.25) is 11.4 Å². The minimum atomic E-state index is -4.72. The topological polar surface area (TPSA) is 118 Å². The second-order valence-electron chi connectivity index (χ2n) is 9.73. The summed E-state index contributed by atoms with van der Waals surface area (Å²) in [5.41, 5.74) is -1.02. The van der Waals surface area contributed by atoms with E-state index in [2.05, 4.69) is 20.4 Å². The third-order valence-corrected chi connectivity index (χ3v) is 6.74. The summed E-state index contributed by atoms with van der Waals surface area (Å²) in [6, 6.07) is 9.24. The first-order valence-electron chi connectivity index (χ1n) is 12.6. The van der Waals surface area contributed by atoms with Crippen molar-refractivity contribution in [2.45, 2.75) is 12.7 Å². The molecule has 0 atom stereocenters. The van der Waals surface area contributed by atoms with E-state index in [1.165, 1.54) is 30.6 Å². The van der Waals surface area contributed by atoms with E-state index >= 15 is 0 Å². The molecule has 0 spiro atoms. The number of nitrogens with one attached hydrogen (secondary N) is 1. The molecule has 0 aliphatic heterocycles. The lowest BCUT2D eigenvalue weighted by Gasteiger charge is -2.16. The predicted octanol–water partition coefficient (Wildman–Crippen LogP) is 5.46. The number of rotatable bonds is 8. The van der Waals surface area contributed by atoms with E-state index in [4.69, 9.17) is 11.6 Å². The van der Waals surface area contributed by atoms with Crippen molar-refractivity contribution in [1.82, 2.24) is 29.2 Å². The van der Waals surface area contributed by atoms with Gasteiger partial charge in [0.15, 0.2) is 11.5 Å². The molecule has 3 heterocycles. The maximum atomic E-state index is 13.6. The third kappa shape index (κ3) is 6.20. The largest absolute Gasteiger partial charge is 0.477 e. The highest BCUT2D eigenvalue weighted by molar-refractivity contribution is 6.31. The van der Waals surface area contributed by atoms with Gasteiger partial charge in [-0.1, -0.05) is 17.7 Å². The maximum absolute atomic E-state index is 13.6. The van der Waals surface area contributed by atoms with Crippen LogP contribution in [-0.2, 0) is 12.7 Å². The molecule has 2 N–H and O–H groups in total. The Balaban J connectivity index is 1.67. The molecule has 0 saturated carbocycles. The highest BCUT2D eigenvalue weighted by atomic mass is 35.5. The van der Waals surface area contributed by atoms with Crippen LogP contribution in [0.2, 0.25) is 5.02 Å². The first-order chi connectivity index (χ1) is 20.3. The standard InChI is InChI=1S/C28H22ClF4N7O3/c1-38(2)9-10-39-14-19(26(42)43)24(41)17-11-15(3-6-22(17)39)18-13-34-27(35-16-4-5-21(30)20(29)12-16)36-25(18)40-8-7-23(37-40)28(31,32)33/h3-8,11-14H,9-10H2,1-2H3,(H,42,43)(H,34,35,36). The van der Waals surface area contributed by atoms with Crippen LogP contribution in [0.1, 0.15) is 16.1 Å². The second-order valence-corrected chi connectivity index (χ2v) is 10.1. The number of likely N-dealkylation sites (N-methyl/N-ethyl adjacent to an activating group) is 1. The van der Waals surface area contributed by atoms with Crippen LogP contribution in [0.15, 0.2) is 65.8 Å². The number of fused-ring (bicyclic) bond motifs is 1. The molecule has 0 fully saturated rings. The van der Waals surface area contributed by atoms with Gasteiger partial charge in [0.05, 0.1) is 10.5 Å². The number of carbonyl (C=O) groups is 1. The molecule has 5 rings (SSSR count). The summed E-state index contributed by atoms with van der Waals surface area (Å²) >= 11 is 5.85. The van der Waals surface area contributed by atoms with Gasteiger partial charge >= 0.3 is 12.1 Å². The first-order valence-corrected chi connectivity index (χ1v) is 13.0. The fraction of sp³-hybridized carbons (Fsp3) is 0.179. The summed E-state index contributed by atoms with van der Waals surface area (Å²) in [5, 5.41) is 16.1. The molecule has 0 amide bonds. The Bertz CT molecular complexity index is 1920. The lowest BCUT2D eigenvalue weighted by atomic mass is 10.0. The Hall–Kier alpha value is -4.82. The monoisotopic (exact) mass is 615 g/mol. The number of anilines is 2. The maximum Gasteiger partial charge on any atom is 0.435 e. The fourth-order valence-corrected chi connectivity index (χ4v) is 4.50. The van der Waals surface area contributed by atoms with Crippen molar-refractivity contribution in [3.8, 4) is 16.9 Å². The number of hydrogen-bond acceptors (Lipinski definition) is 7. The van der Waals surface area contributed by atoms with Gasteiger partial charge in [-0.25, -0.2) is 18.9 Å². The first kappa shape index (κ1) is 29.7. The summed E-state index contributed by atoms with van der Waals surface area (Å²) in [5.74, 6) is -2.19. The van der Waals surface area contributed by atoms with E-state index in [1.54, 1.807) is 16.7 Å². The predicted molar refractivity (Wildman–Crippen MR) is 152 cm³/mol. The summed E-state index contributed by atoms with van der Waals surface area (Å²) in [7, 11) is 3.70. The average molecular weight is 616 g/mol. The normalized spacial score (nSPS) is 11.8. The van der Waals surface area contributed by atoms with Crippen molar-refractivity contribution in [2.24, 2.45) is 0 Å². The molecule has 15 heteroatoms.